The highest BCUT2D eigenvalue weighted by Crippen LogP contribution is 2.30. The molecule has 1 amide bonds. The molecule has 0 unspecified atom stereocenters. The summed E-state index contributed by atoms with van der Waals surface area (Å²) in [5.41, 5.74) is 1.47. The number of carbonyl (C=O) groups is 2. The van der Waals surface area contributed by atoms with Gasteiger partial charge in [-0.2, -0.15) is 13.2 Å². The number of nitrogens with zero attached hydrogens (tertiary/aromatic N) is 1. The molecule has 1 heterocycles. The second kappa shape index (κ2) is 10.5. The number of piperidine rings is 1. The smallest absolute Gasteiger partial charge is 0.422 e. The molecule has 172 valence electrons. The highest BCUT2D eigenvalue weighted by Gasteiger charge is 2.29. The van der Waals surface area contributed by atoms with Gasteiger partial charge in [0.1, 0.15) is 0 Å². The van der Waals surface area contributed by atoms with E-state index in [-0.39, 0.29) is 35.5 Å². The van der Waals surface area contributed by atoms with E-state index >= 15 is 0 Å². The van der Waals surface area contributed by atoms with E-state index in [0.717, 1.165) is 5.56 Å². The summed E-state index contributed by atoms with van der Waals surface area (Å²) in [6, 6.07) is 13.8. The SMILES string of the molecule is COc1cc(CCC(=O)N2CCC(C(=O)c3ccccc3)CC2)ccc1OCC(F)(F)F. The summed E-state index contributed by atoms with van der Waals surface area (Å²) in [7, 11) is 1.35. The number of halogens is 3. The lowest BCUT2D eigenvalue weighted by Gasteiger charge is -2.31. The third kappa shape index (κ3) is 6.48. The molecular formula is C24H26F3NO4. The van der Waals surface area contributed by atoms with Crippen LogP contribution in [0, 0.1) is 5.92 Å². The van der Waals surface area contributed by atoms with Crippen LogP contribution in [0.15, 0.2) is 48.5 Å². The number of aryl methyl sites for hydroxylation is 1. The van der Waals surface area contributed by atoms with Crippen molar-refractivity contribution in [1.29, 1.82) is 0 Å². The third-order valence-corrected chi connectivity index (χ3v) is 5.52. The number of ketones is 1. The molecule has 1 saturated heterocycles. The minimum Gasteiger partial charge on any atom is -0.493 e. The number of ether oxygens (including phenoxy) is 2. The first-order chi connectivity index (χ1) is 15.3. The summed E-state index contributed by atoms with van der Waals surface area (Å²) in [6.45, 7) is -0.324. The minimum atomic E-state index is -4.44. The van der Waals surface area contributed by atoms with Crippen LogP contribution < -0.4 is 9.47 Å². The van der Waals surface area contributed by atoms with E-state index in [1.165, 1.54) is 13.2 Å². The fraction of sp³-hybridized carbons (Fsp3) is 0.417. The van der Waals surface area contributed by atoms with Crippen LogP contribution in [-0.4, -0.2) is 49.6 Å². The Bertz CT molecular complexity index is 923. The van der Waals surface area contributed by atoms with Crippen LogP contribution in [-0.2, 0) is 11.2 Å². The van der Waals surface area contributed by atoms with Crippen molar-refractivity contribution < 1.29 is 32.2 Å². The summed E-state index contributed by atoms with van der Waals surface area (Å²) in [5.74, 6) is 0.240. The lowest BCUT2D eigenvalue weighted by molar-refractivity contribution is -0.153. The van der Waals surface area contributed by atoms with Crippen molar-refractivity contribution in [3.63, 3.8) is 0 Å². The molecule has 2 aromatic rings. The van der Waals surface area contributed by atoms with Crippen LogP contribution in [0.5, 0.6) is 11.5 Å². The molecule has 0 N–H and O–H groups in total. The standard InChI is InChI=1S/C24H26F3NO4/c1-31-21-15-17(7-9-20(21)32-16-24(25,26)27)8-10-22(29)28-13-11-19(12-14-28)23(30)18-5-3-2-4-6-18/h2-7,9,15,19H,8,10-14,16H2,1H3. The van der Waals surface area contributed by atoms with Crippen molar-refractivity contribution in [3.05, 3.63) is 59.7 Å². The number of Topliss-reactive ketones (excluding diaryl/α,β-unsaturated/α-hetero) is 1. The molecule has 5 nitrogen and oxygen atoms in total. The number of carbonyl (C=O) groups excluding carboxylic acids is 2. The molecule has 0 aromatic heterocycles. The summed E-state index contributed by atoms with van der Waals surface area (Å²) in [6.07, 6.45) is -2.47. The summed E-state index contributed by atoms with van der Waals surface area (Å²) < 4.78 is 47.0. The van der Waals surface area contributed by atoms with E-state index in [4.69, 9.17) is 9.47 Å². The molecule has 3 rings (SSSR count). The highest BCUT2D eigenvalue weighted by atomic mass is 19.4. The topological polar surface area (TPSA) is 55.8 Å². The fourth-order valence-corrected chi connectivity index (χ4v) is 3.78. The van der Waals surface area contributed by atoms with Gasteiger partial charge >= 0.3 is 6.18 Å². The Morgan fingerprint density at radius 3 is 2.34 bits per heavy atom. The van der Waals surface area contributed by atoms with Gasteiger partial charge in [-0.25, -0.2) is 0 Å². The van der Waals surface area contributed by atoms with Gasteiger partial charge in [-0.3, -0.25) is 9.59 Å². The Labute approximate surface area is 185 Å². The number of benzene rings is 2. The first-order valence-electron chi connectivity index (χ1n) is 10.5. The molecule has 2 aromatic carbocycles. The van der Waals surface area contributed by atoms with Gasteiger partial charge in [-0.15, -0.1) is 0 Å². The number of alkyl halides is 3. The first-order valence-corrected chi connectivity index (χ1v) is 10.5. The summed E-state index contributed by atoms with van der Waals surface area (Å²) in [4.78, 5) is 27.0. The van der Waals surface area contributed by atoms with Gasteiger partial charge < -0.3 is 14.4 Å². The van der Waals surface area contributed by atoms with Gasteiger partial charge in [-0.05, 0) is 37.0 Å². The normalized spacial score (nSPS) is 14.8. The van der Waals surface area contributed by atoms with Gasteiger partial charge in [0.15, 0.2) is 23.9 Å². The van der Waals surface area contributed by atoms with Crippen LogP contribution in [0.4, 0.5) is 13.2 Å². The van der Waals surface area contributed by atoms with E-state index in [9.17, 15) is 22.8 Å². The maximum atomic E-state index is 12.6. The Morgan fingerprint density at radius 1 is 1.03 bits per heavy atom. The quantitative estimate of drug-likeness (QED) is 0.549. The molecule has 1 fully saturated rings. The summed E-state index contributed by atoms with van der Waals surface area (Å²) >= 11 is 0. The molecule has 0 bridgehead atoms. The van der Waals surface area contributed by atoms with Gasteiger partial charge in [0.25, 0.3) is 0 Å². The van der Waals surface area contributed by atoms with Crippen molar-refractivity contribution in [2.45, 2.75) is 31.9 Å². The maximum Gasteiger partial charge on any atom is 0.422 e. The van der Waals surface area contributed by atoms with E-state index in [1.54, 1.807) is 17.0 Å². The number of hydrogen-bond acceptors (Lipinski definition) is 4. The number of likely N-dealkylation sites (tertiary alicyclic amines) is 1. The Balaban J connectivity index is 1.49. The van der Waals surface area contributed by atoms with Crippen LogP contribution in [0.3, 0.4) is 0 Å². The van der Waals surface area contributed by atoms with E-state index in [1.807, 2.05) is 30.3 Å². The van der Waals surface area contributed by atoms with Crippen molar-refractivity contribution in [3.8, 4) is 11.5 Å². The molecule has 8 heteroatoms. The first kappa shape index (κ1) is 23.6. The third-order valence-electron chi connectivity index (χ3n) is 5.52. The number of methoxy groups -OCH3 is 1. The average Bonchev–Trinajstić information content (AvgIpc) is 2.81. The Morgan fingerprint density at radius 2 is 1.72 bits per heavy atom. The van der Waals surface area contributed by atoms with Crippen molar-refractivity contribution in [2.75, 3.05) is 26.8 Å². The lowest BCUT2D eigenvalue weighted by atomic mass is 9.89. The Hall–Kier alpha value is -3.03. The number of rotatable bonds is 8. The zero-order valence-electron chi connectivity index (χ0n) is 17.9. The van der Waals surface area contributed by atoms with Crippen LogP contribution >= 0.6 is 0 Å². The molecule has 32 heavy (non-hydrogen) atoms. The largest absolute Gasteiger partial charge is 0.493 e. The van der Waals surface area contributed by atoms with Crippen LogP contribution in [0.1, 0.15) is 35.2 Å². The monoisotopic (exact) mass is 449 g/mol. The molecule has 1 aliphatic heterocycles. The van der Waals surface area contributed by atoms with Crippen molar-refractivity contribution in [2.24, 2.45) is 5.92 Å². The molecule has 0 spiro atoms. The van der Waals surface area contributed by atoms with Gasteiger partial charge in [0, 0.05) is 31.0 Å². The second-order valence-electron chi connectivity index (χ2n) is 7.77. The molecule has 0 aliphatic carbocycles. The zero-order chi connectivity index (χ0) is 23.1. The summed E-state index contributed by atoms with van der Waals surface area (Å²) in [5, 5.41) is 0. The average molecular weight is 449 g/mol. The van der Waals surface area contributed by atoms with E-state index in [2.05, 4.69) is 0 Å². The highest BCUT2D eigenvalue weighted by molar-refractivity contribution is 5.98. The fourth-order valence-electron chi connectivity index (χ4n) is 3.78. The van der Waals surface area contributed by atoms with Gasteiger partial charge in [0.2, 0.25) is 5.91 Å². The maximum absolute atomic E-state index is 12.6. The Kier molecular flexibility index (Phi) is 7.77. The van der Waals surface area contributed by atoms with Gasteiger partial charge in [0.05, 0.1) is 7.11 Å². The number of hydrogen-bond donors (Lipinski definition) is 0. The molecule has 0 saturated carbocycles. The van der Waals surface area contributed by atoms with E-state index < -0.39 is 12.8 Å². The number of amides is 1. The zero-order valence-corrected chi connectivity index (χ0v) is 17.9. The van der Waals surface area contributed by atoms with Gasteiger partial charge in [-0.1, -0.05) is 36.4 Å². The van der Waals surface area contributed by atoms with E-state index in [0.29, 0.717) is 37.9 Å². The molecular weight excluding hydrogens is 423 g/mol. The predicted octanol–water partition coefficient (Wildman–Crippen LogP) is 4.69. The van der Waals surface area contributed by atoms with Crippen LogP contribution in [0.25, 0.3) is 0 Å². The predicted molar refractivity (Wildman–Crippen MR) is 113 cm³/mol. The molecule has 1 aliphatic rings. The lowest BCUT2D eigenvalue weighted by Crippen LogP contribution is -2.40. The molecule has 0 atom stereocenters. The second-order valence-corrected chi connectivity index (χ2v) is 7.77. The van der Waals surface area contributed by atoms with Crippen molar-refractivity contribution >= 4 is 11.7 Å². The van der Waals surface area contributed by atoms with Crippen LogP contribution in [0.2, 0.25) is 0 Å². The van der Waals surface area contributed by atoms with Crippen molar-refractivity contribution in [1.82, 2.24) is 4.90 Å². The minimum absolute atomic E-state index is 0.00468. The molecule has 0 radical (unpaired) electrons.